The molecule has 5 heteroatoms. The first-order valence-electron chi connectivity index (χ1n) is 6.60. The van der Waals surface area contributed by atoms with Gasteiger partial charge in [-0.1, -0.05) is 11.6 Å². The number of ketones is 1. The number of sulfonamides is 1. The summed E-state index contributed by atoms with van der Waals surface area (Å²) < 4.78 is 24.7. The number of carbonyl (C=O) groups excluding carboxylic acids is 1. The zero-order valence-electron chi connectivity index (χ0n) is 10.9. The first kappa shape index (κ1) is 13.7. The molecule has 18 heavy (non-hydrogen) atoms. The highest BCUT2D eigenvalue weighted by molar-refractivity contribution is 7.88. The molecule has 1 unspecified atom stereocenters. The number of rotatable bonds is 3. The number of hydrogen-bond donors (Lipinski definition) is 0. The lowest BCUT2D eigenvalue weighted by molar-refractivity contribution is -0.118. The van der Waals surface area contributed by atoms with Crippen LogP contribution in [0.2, 0.25) is 0 Å². The fourth-order valence-electron chi connectivity index (χ4n) is 2.81. The molecule has 4 nitrogen and oxygen atoms in total. The molecule has 0 aromatic heterocycles. The van der Waals surface area contributed by atoms with Crippen LogP contribution < -0.4 is 0 Å². The van der Waals surface area contributed by atoms with Crippen molar-refractivity contribution in [1.29, 1.82) is 0 Å². The van der Waals surface area contributed by atoms with Crippen LogP contribution in [0, 0.1) is 5.92 Å². The number of hydrogen-bond acceptors (Lipinski definition) is 3. The highest BCUT2D eigenvalue weighted by Crippen LogP contribution is 2.28. The molecule has 0 N–H and O–H groups in total. The van der Waals surface area contributed by atoms with Gasteiger partial charge in [0.1, 0.15) is 5.78 Å². The minimum Gasteiger partial charge on any atom is -0.299 e. The molecule has 0 radical (unpaired) electrons. The van der Waals surface area contributed by atoms with E-state index < -0.39 is 10.0 Å². The van der Waals surface area contributed by atoms with Crippen LogP contribution in [0.25, 0.3) is 0 Å². The molecule has 0 spiro atoms. The summed E-state index contributed by atoms with van der Waals surface area (Å²) in [6.45, 7) is 1.30. The summed E-state index contributed by atoms with van der Waals surface area (Å²) in [4.78, 5) is 11.2. The number of carbonyl (C=O) groups is 1. The molecule has 1 fully saturated rings. The molecule has 0 aromatic carbocycles. The first-order valence-corrected chi connectivity index (χ1v) is 8.44. The topological polar surface area (TPSA) is 54.5 Å². The highest BCUT2D eigenvalue weighted by atomic mass is 32.2. The van der Waals surface area contributed by atoms with Crippen LogP contribution in [0.5, 0.6) is 0 Å². The van der Waals surface area contributed by atoms with E-state index >= 15 is 0 Å². The molecule has 0 aromatic rings. The smallest absolute Gasteiger partial charge is 0.211 e. The van der Waals surface area contributed by atoms with E-state index in [0.29, 0.717) is 37.6 Å². The largest absolute Gasteiger partial charge is 0.299 e. The monoisotopic (exact) mass is 271 g/mol. The van der Waals surface area contributed by atoms with Gasteiger partial charge in [0.05, 0.1) is 6.26 Å². The maximum absolute atomic E-state index is 11.5. The first-order chi connectivity index (χ1) is 8.45. The summed E-state index contributed by atoms with van der Waals surface area (Å²) in [7, 11) is -3.05. The maximum atomic E-state index is 11.5. The summed E-state index contributed by atoms with van der Waals surface area (Å²) >= 11 is 0. The van der Waals surface area contributed by atoms with Crippen molar-refractivity contribution in [2.75, 3.05) is 19.3 Å². The lowest BCUT2D eigenvalue weighted by Gasteiger charge is -2.31. The van der Waals surface area contributed by atoms with E-state index in [1.54, 1.807) is 4.31 Å². The molecule has 1 saturated heterocycles. The van der Waals surface area contributed by atoms with Gasteiger partial charge >= 0.3 is 0 Å². The minimum absolute atomic E-state index is 0.320. The maximum Gasteiger partial charge on any atom is 0.211 e. The van der Waals surface area contributed by atoms with Crippen LogP contribution in [-0.4, -0.2) is 37.9 Å². The predicted octanol–water partition coefficient (Wildman–Crippen LogP) is 1.73. The number of piperidine rings is 1. The molecule has 0 amide bonds. The summed E-state index contributed by atoms with van der Waals surface area (Å²) in [6.07, 6.45) is 8.43. The van der Waals surface area contributed by atoms with Crippen molar-refractivity contribution < 1.29 is 13.2 Å². The van der Waals surface area contributed by atoms with E-state index in [2.05, 4.69) is 0 Å². The van der Waals surface area contributed by atoms with Crippen molar-refractivity contribution in [2.24, 2.45) is 5.92 Å². The fraction of sp³-hybridized carbons (Fsp3) is 0.769. The summed E-state index contributed by atoms with van der Waals surface area (Å²) in [6, 6.07) is 0. The van der Waals surface area contributed by atoms with Crippen LogP contribution in [0.4, 0.5) is 0 Å². The summed E-state index contributed by atoms with van der Waals surface area (Å²) in [5.41, 5.74) is 1.34. The fourth-order valence-corrected chi connectivity index (χ4v) is 3.76. The molecule has 1 aliphatic carbocycles. The quantitative estimate of drug-likeness (QED) is 0.735. The standard InChI is InChI=1S/C13H21NO3S/c1-18(16,17)14-8-2-3-12(10-14)9-11-4-6-13(15)7-5-11/h4,12H,2-3,5-10H2,1H3. The highest BCUT2D eigenvalue weighted by Gasteiger charge is 2.26. The lowest BCUT2D eigenvalue weighted by atomic mass is 9.87. The van der Waals surface area contributed by atoms with Crippen molar-refractivity contribution in [1.82, 2.24) is 4.31 Å². The van der Waals surface area contributed by atoms with Gasteiger partial charge in [0.2, 0.25) is 10.0 Å². The molecule has 2 aliphatic rings. The Kier molecular flexibility index (Phi) is 4.22. The van der Waals surface area contributed by atoms with Gasteiger partial charge in [-0.25, -0.2) is 12.7 Å². The average molecular weight is 271 g/mol. The molecular weight excluding hydrogens is 250 g/mol. The lowest BCUT2D eigenvalue weighted by Crippen LogP contribution is -2.39. The summed E-state index contributed by atoms with van der Waals surface area (Å²) in [5.74, 6) is 0.744. The van der Waals surface area contributed by atoms with E-state index in [4.69, 9.17) is 0 Å². The van der Waals surface area contributed by atoms with Gasteiger partial charge in [-0.3, -0.25) is 4.79 Å². The van der Waals surface area contributed by atoms with Gasteiger partial charge in [-0.05, 0) is 31.6 Å². The van der Waals surface area contributed by atoms with E-state index in [1.807, 2.05) is 6.08 Å². The van der Waals surface area contributed by atoms with Gasteiger partial charge in [0, 0.05) is 25.9 Å². The second-order valence-corrected chi connectivity index (χ2v) is 7.42. The van der Waals surface area contributed by atoms with Crippen LogP contribution in [0.3, 0.4) is 0 Å². The third-order valence-corrected chi connectivity index (χ3v) is 5.11. The van der Waals surface area contributed by atoms with Crippen molar-refractivity contribution >= 4 is 15.8 Å². The van der Waals surface area contributed by atoms with Gasteiger partial charge in [0.25, 0.3) is 0 Å². The van der Waals surface area contributed by atoms with Crippen molar-refractivity contribution in [3.63, 3.8) is 0 Å². The Hall–Kier alpha value is -0.680. The average Bonchev–Trinajstić information content (AvgIpc) is 2.31. The molecule has 2 rings (SSSR count). The predicted molar refractivity (Wildman–Crippen MR) is 70.7 cm³/mol. The zero-order valence-corrected chi connectivity index (χ0v) is 11.7. The second kappa shape index (κ2) is 5.53. The molecule has 102 valence electrons. The molecular formula is C13H21NO3S. The van der Waals surface area contributed by atoms with Gasteiger partial charge in [0.15, 0.2) is 0 Å². The van der Waals surface area contributed by atoms with Crippen LogP contribution >= 0.6 is 0 Å². The number of nitrogens with zero attached hydrogens (tertiary/aromatic N) is 1. The second-order valence-electron chi connectivity index (χ2n) is 5.44. The minimum atomic E-state index is -3.05. The molecule has 1 heterocycles. The zero-order chi connectivity index (χ0) is 13.2. The van der Waals surface area contributed by atoms with Gasteiger partial charge in [-0.15, -0.1) is 0 Å². The molecule has 1 atom stereocenters. The molecule has 0 bridgehead atoms. The SMILES string of the molecule is CS(=O)(=O)N1CCCC(CC2=CCC(=O)CC2)C1. The van der Waals surface area contributed by atoms with E-state index in [-0.39, 0.29) is 0 Å². The summed E-state index contributed by atoms with van der Waals surface area (Å²) in [5, 5.41) is 0. The number of allylic oxidation sites excluding steroid dienone is 2. The molecule has 1 aliphatic heterocycles. The van der Waals surface area contributed by atoms with Crippen molar-refractivity contribution in [2.45, 2.75) is 38.5 Å². The van der Waals surface area contributed by atoms with Gasteiger partial charge in [-0.2, -0.15) is 0 Å². The van der Waals surface area contributed by atoms with Gasteiger partial charge < -0.3 is 0 Å². The normalized spacial score (nSPS) is 27.1. The number of Topliss-reactive ketones (excluding diaryl/α,β-unsaturated/α-hetero) is 1. The Morgan fingerprint density at radius 1 is 1.39 bits per heavy atom. The van der Waals surface area contributed by atoms with Crippen molar-refractivity contribution in [3.05, 3.63) is 11.6 Å². The van der Waals surface area contributed by atoms with Crippen LogP contribution in [0.1, 0.15) is 38.5 Å². The third kappa shape index (κ3) is 3.65. The Balaban J connectivity index is 1.92. The Labute approximate surface area is 109 Å². The van der Waals surface area contributed by atoms with Crippen LogP contribution in [0.15, 0.2) is 11.6 Å². The Morgan fingerprint density at radius 2 is 2.17 bits per heavy atom. The van der Waals surface area contributed by atoms with E-state index in [9.17, 15) is 13.2 Å². The third-order valence-electron chi connectivity index (χ3n) is 3.84. The Bertz CT molecular complexity index is 453. The Morgan fingerprint density at radius 3 is 2.78 bits per heavy atom. The molecule has 0 saturated carbocycles. The van der Waals surface area contributed by atoms with Crippen LogP contribution in [-0.2, 0) is 14.8 Å². The van der Waals surface area contributed by atoms with E-state index in [0.717, 1.165) is 25.7 Å². The van der Waals surface area contributed by atoms with E-state index in [1.165, 1.54) is 11.8 Å². The van der Waals surface area contributed by atoms with Crippen molar-refractivity contribution in [3.8, 4) is 0 Å².